The number of esters is 1. The van der Waals surface area contributed by atoms with E-state index in [-0.39, 0.29) is 5.97 Å². The molecule has 0 aliphatic heterocycles. The summed E-state index contributed by atoms with van der Waals surface area (Å²) in [6, 6.07) is 0. The molecule has 0 atom stereocenters. The molecule has 11 heavy (non-hydrogen) atoms. The molecule has 0 N–H and O–H groups in total. The van der Waals surface area contributed by atoms with Crippen LogP contribution in [0.25, 0.3) is 0 Å². The van der Waals surface area contributed by atoms with E-state index in [1.165, 1.54) is 6.92 Å². The average Bonchev–Trinajstić information content (AvgIpc) is 2.14. The van der Waals surface area contributed by atoms with Gasteiger partial charge in [0.25, 0.3) is 0 Å². The van der Waals surface area contributed by atoms with E-state index in [1.807, 2.05) is 12.2 Å². The molecule has 0 aromatic rings. The van der Waals surface area contributed by atoms with E-state index in [1.54, 1.807) is 0 Å². The summed E-state index contributed by atoms with van der Waals surface area (Å²) < 4.78 is 4.94. The maximum absolute atomic E-state index is 10.5. The monoisotopic (exact) mass is 152 g/mol. The molecule has 0 aromatic heterocycles. The Morgan fingerprint density at radius 1 is 1.64 bits per heavy atom. The number of carbonyl (C=O) groups is 1. The van der Waals surface area contributed by atoms with Crippen LogP contribution in [0.3, 0.4) is 0 Å². The Morgan fingerprint density at radius 2 is 2.45 bits per heavy atom. The topological polar surface area (TPSA) is 26.3 Å². The lowest BCUT2D eigenvalue weighted by Crippen LogP contribution is -1.97. The highest BCUT2D eigenvalue weighted by molar-refractivity contribution is 5.67. The Labute approximate surface area is 66.5 Å². The average molecular weight is 152 g/mol. The second-order valence-corrected chi connectivity index (χ2v) is 2.55. The Kier molecular flexibility index (Phi) is 2.90. The van der Waals surface area contributed by atoms with Gasteiger partial charge in [-0.15, -0.1) is 0 Å². The number of ether oxygens (including phenoxy) is 1. The summed E-state index contributed by atoms with van der Waals surface area (Å²) in [4.78, 5) is 10.5. The fourth-order valence-corrected chi connectivity index (χ4v) is 1.02. The van der Waals surface area contributed by atoms with E-state index in [0.717, 1.165) is 25.0 Å². The SMILES string of the molecule is CC(=O)OC1=CC=CCCC1. The highest BCUT2D eigenvalue weighted by Crippen LogP contribution is 2.13. The number of hydrogen-bond acceptors (Lipinski definition) is 2. The summed E-state index contributed by atoms with van der Waals surface area (Å²) in [5.41, 5.74) is 0. The first-order valence-corrected chi connectivity index (χ1v) is 3.83. The van der Waals surface area contributed by atoms with Gasteiger partial charge in [0.05, 0.1) is 0 Å². The van der Waals surface area contributed by atoms with Crippen LogP contribution in [-0.4, -0.2) is 5.97 Å². The zero-order valence-electron chi connectivity index (χ0n) is 6.67. The Hall–Kier alpha value is -1.05. The van der Waals surface area contributed by atoms with Crippen LogP contribution in [0, 0.1) is 0 Å². The fourth-order valence-electron chi connectivity index (χ4n) is 1.02. The van der Waals surface area contributed by atoms with Crippen LogP contribution in [-0.2, 0) is 9.53 Å². The van der Waals surface area contributed by atoms with Crippen molar-refractivity contribution >= 4 is 5.97 Å². The number of hydrogen-bond donors (Lipinski definition) is 0. The minimum atomic E-state index is -0.230. The molecule has 0 saturated carbocycles. The molecule has 0 radical (unpaired) electrons. The molecule has 1 aliphatic carbocycles. The van der Waals surface area contributed by atoms with Gasteiger partial charge in [0, 0.05) is 13.3 Å². The molecule has 0 fully saturated rings. The van der Waals surface area contributed by atoms with Gasteiger partial charge in [-0.3, -0.25) is 4.79 Å². The first-order valence-electron chi connectivity index (χ1n) is 3.83. The zero-order valence-corrected chi connectivity index (χ0v) is 6.67. The zero-order chi connectivity index (χ0) is 8.10. The summed E-state index contributed by atoms with van der Waals surface area (Å²) in [7, 11) is 0. The lowest BCUT2D eigenvalue weighted by Gasteiger charge is -2.02. The van der Waals surface area contributed by atoms with Crippen LogP contribution in [0.1, 0.15) is 26.2 Å². The van der Waals surface area contributed by atoms with Gasteiger partial charge < -0.3 is 4.74 Å². The molecule has 0 spiro atoms. The Balaban J connectivity index is 2.49. The highest BCUT2D eigenvalue weighted by atomic mass is 16.5. The second-order valence-electron chi connectivity index (χ2n) is 2.55. The van der Waals surface area contributed by atoms with Gasteiger partial charge in [-0.1, -0.05) is 12.2 Å². The van der Waals surface area contributed by atoms with Crippen molar-refractivity contribution in [2.75, 3.05) is 0 Å². The van der Waals surface area contributed by atoms with Crippen LogP contribution in [0.5, 0.6) is 0 Å². The largest absolute Gasteiger partial charge is 0.431 e. The number of rotatable bonds is 1. The van der Waals surface area contributed by atoms with Crippen molar-refractivity contribution < 1.29 is 9.53 Å². The van der Waals surface area contributed by atoms with Gasteiger partial charge in [-0.25, -0.2) is 0 Å². The van der Waals surface area contributed by atoms with Crippen molar-refractivity contribution in [3.63, 3.8) is 0 Å². The predicted octanol–water partition coefficient (Wildman–Crippen LogP) is 2.17. The van der Waals surface area contributed by atoms with Crippen LogP contribution < -0.4 is 0 Å². The van der Waals surface area contributed by atoms with Crippen LogP contribution in [0.15, 0.2) is 24.0 Å². The molecule has 2 nitrogen and oxygen atoms in total. The molecule has 1 aliphatic rings. The normalized spacial score (nSPS) is 17.0. The molecule has 0 unspecified atom stereocenters. The van der Waals surface area contributed by atoms with E-state index in [9.17, 15) is 4.79 Å². The molecule has 60 valence electrons. The highest BCUT2D eigenvalue weighted by Gasteiger charge is 2.02. The van der Waals surface area contributed by atoms with Gasteiger partial charge in [0.15, 0.2) is 0 Å². The van der Waals surface area contributed by atoms with E-state index >= 15 is 0 Å². The van der Waals surface area contributed by atoms with Crippen molar-refractivity contribution in [1.29, 1.82) is 0 Å². The molecule has 1 rings (SSSR count). The van der Waals surface area contributed by atoms with Crippen LogP contribution in [0.4, 0.5) is 0 Å². The van der Waals surface area contributed by atoms with E-state index in [2.05, 4.69) is 6.08 Å². The van der Waals surface area contributed by atoms with Gasteiger partial charge in [0.1, 0.15) is 5.76 Å². The lowest BCUT2D eigenvalue weighted by atomic mass is 10.2. The fraction of sp³-hybridized carbons (Fsp3) is 0.444. The van der Waals surface area contributed by atoms with Gasteiger partial charge in [-0.05, 0) is 18.9 Å². The minimum absolute atomic E-state index is 0.230. The molecule has 0 saturated heterocycles. The van der Waals surface area contributed by atoms with Crippen LogP contribution >= 0.6 is 0 Å². The predicted molar refractivity (Wildman–Crippen MR) is 42.8 cm³/mol. The van der Waals surface area contributed by atoms with Crippen molar-refractivity contribution in [2.24, 2.45) is 0 Å². The van der Waals surface area contributed by atoms with E-state index in [4.69, 9.17) is 4.74 Å². The van der Waals surface area contributed by atoms with Crippen molar-refractivity contribution in [3.8, 4) is 0 Å². The molecule has 0 bridgehead atoms. The van der Waals surface area contributed by atoms with Gasteiger partial charge >= 0.3 is 5.97 Å². The Bertz CT molecular complexity index is 202. The molecule has 0 amide bonds. The van der Waals surface area contributed by atoms with Crippen molar-refractivity contribution in [1.82, 2.24) is 0 Å². The molecule has 2 heteroatoms. The molecule has 0 heterocycles. The summed E-state index contributed by atoms with van der Waals surface area (Å²) in [6.07, 6.45) is 8.87. The summed E-state index contributed by atoms with van der Waals surface area (Å²) in [6.45, 7) is 1.43. The molecule has 0 aromatic carbocycles. The summed E-state index contributed by atoms with van der Waals surface area (Å²) >= 11 is 0. The van der Waals surface area contributed by atoms with E-state index in [0.29, 0.717) is 0 Å². The quantitative estimate of drug-likeness (QED) is 0.538. The van der Waals surface area contributed by atoms with Crippen molar-refractivity contribution in [3.05, 3.63) is 24.0 Å². The third-order valence-electron chi connectivity index (χ3n) is 1.49. The lowest BCUT2D eigenvalue weighted by molar-refractivity contribution is -0.137. The first kappa shape index (κ1) is 8.05. The smallest absolute Gasteiger partial charge is 0.307 e. The van der Waals surface area contributed by atoms with Gasteiger partial charge in [0.2, 0.25) is 0 Å². The van der Waals surface area contributed by atoms with Crippen LogP contribution in [0.2, 0.25) is 0 Å². The molecular weight excluding hydrogens is 140 g/mol. The summed E-state index contributed by atoms with van der Waals surface area (Å²) in [5, 5.41) is 0. The van der Waals surface area contributed by atoms with Gasteiger partial charge in [-0.2, -0.15) is 0 Å². The van der Waals surface area contributed by atoms with Crippen molar-refractivity contribution in [2.45, 2.75) is 26.2 Å². The van der Waals surface area contributed by atoms with E-state index < -0.39 is 0 Å². The maximum Gasteiger partial charge on any atom is 0.307 e. The standard InChI is InChI=1S/C9H12O2/c1-8(10)11-9-6-4-2-3-5-7-9/h2,4,6H,3,5,7H2,1H3. The maximum atomic E-state index is 10.5. The third-order valence-corrected chi connectivity index (χ3v) is 1.49. The summed E-state index contributed by atoms with van der Waals surface area (Å²) in [5.74, 6) is 0.554. The number of carbonyl (C=O) groups excluding carboxylic acids is 1. The number of allylic oxidation sites excluding steroid dienone is 4. The minimum Gasteiger partial charge on any atom is -0.431 e. The second kappa shape index (κ2) is 3.96. The Morgan fingerprint density at radius 3 is 3.18 bits per heavy atom. The third kappa shape index (κ3) is 3.03. The first-order chi connectivity index (χ1) is 5.29. The molecular formula is C9H12O2.